The van der Waals surface area contributed by atoms with Gasteiger partial charge in [-0.3, -0.25) is 0 Å². The molecule has 4 nitrogen and oxygen atoms in total. The van der Waals surface area contributed by atoms with Gasteiger partial charge in [-0.1, -0.05) is 0 Å². The van der Waals surface area contributed by atoms with Gasteiger partial charge in [0, 0.05) is 19.3 Å². The number of alkyl halides is 3. The minimum absolute atomic E-state index is 0.0410. The molecule has 106 valence electrons. The Kier molecular flexibility index (Phi) is 4.93. The Bertz CT molecular complexity index is 466. The third-order valence-corrected chi connectivity index (χ3v) is 3.09. The topological polar surface area (TPSA) is 66.6 Å². The van der Waals surface area contributed by atoms with Crippen molar-refractivity contribution in [2.24, 2.45) is 0 Å². The lowest BCUT2D eigenvalue weighted by Crippen LogP contribution is -2.22. The van der Waals surface area contributed by atoms with E-state index in [1.807, 2.05) is 0 Å². The molecule has 0 unspecified atom stereocenters. The highest BCUT2D eigenvalue weighted by atomic mass is 32.2. The van der Waals surface area contributed by atoms with Gasteiger partial charge < -0.3 is 15.7 Å². The van der Waals surface area contributed by atoms with Gasteiger partial charge >= 0.3 is 11.5 Å². The van der Waals surface area contributed by atoms with Crippen LogP contribution in [0.1, 0.15) is 10.4 Å². The van der Waals surface area contributed by atoms with Gasteiger partial charge in [-0.15, -0.1) is 0 Å². The van der Waals surface area contributed by atoms with Gasteiger partial charge in [0.1, 0.15) is 0 Å². The minimum atomic E-state index is -4.25. The SMILES string of the molecule is CN(CCSC(F)(F)F)c1ccc(C(=O)O)cc1N. The van der Waals surface area contributed by atoms with E-state index in [0.29, 0.717) is 5.69 Å². The molecular weight excluding hydrogens is 281 g/mol. The summed E-state index contributed by atoms with van der Waals surface area (Å²) >= 11 is -0.106. The molecule has 0 radical (unpaired) electrons. The second kappa shape index (κ2) is 6.05. The Balaban J connectivity index is 2.67. The molecule has 1 aromatic rings. The molecule has 0 saturated heterocycles. The smallest absolute Gasteiger partial charge is 0.441 e. The first kappa shape index (κ1) is 15.5. The van der Waals surface area contributed by atoms with E-state index < -0.39 is 11.5 Å². The van der Waals surface area contributed by atoms with Crippen LogP contribution in [-0.4, -0.2) is 35.9 Å². The third-order valence-electron chi connectivity index (χ3n) is 2.38. The molecule has 0 aromatic heterocycles. The number of aromatic carboxylic acids is 1. The zero-order valence-corrected chi connectivity index (χ0v) is 10.9. The lowest BCUT2D eigenvalue weighted by atomic mass is 10.1. The van der Waals surface area contributed by atoms with Crippen LogP contribution in [-0.2, 0) is 0 Å². The van der Waals surface area contributed by atoms with Crippen LogP contribution in [0.5, 0.6) is 0 Å². The van der Waals surface area contributed by atoms with Crippen molar-refractivity contribution in [1.29, 1.82) is 0 Å². The van der Waals surface area contributed by atoms with Crippen LogP contribution in [0, 0.1) is 0 Å². The molecule has 0 bridgehead atoms. The normalized spacial score (nSPS) is 11.4. The maximum Gasteiger partial charge on any atom is 0.441 e. The van der Waals surface area contributed by atoms with Crippen molar-refractivity contribution in [2.45, 2.75) is 5.51 Å². The number of nitrogen functional groups attached to an aromatic ring is 1. The number of carbonyl (C=O) groups is 1. The van der Waals surface area contributed by atoms with Crippen LogP contribution in [0.2, 0.25) is 0 Å². The predicted molar refractivity (Wildman–Crippen MR) is 69.6 cm³/mol. The quantitative estimate of drug-likeness (QED) is 0.817. The van der Waals surface area contributed by atoms with Gasteiger partial charge in [0.25, 0.3) is 0 Å². The number of halogens is 3. The molecule has 0 aliphatic heterocycles. The second-order valence-corrected chi connectivity index (χ2v) is 4.95. The van der Waals surface area contributed by atoms with Gasteiger partial charge in [-0.05, 0) is 30.0 Å². The highest BCUT2D eigenvalue weighted by molar-refractivity contribution is 8.00. The summed E-state index contributed by atoms with van der Waals surface area (Å²) in [6.45, 7) is 0.154. The fourth-order valence-electron chi connectivity index (χ4n) is 1.45. The summed E-state index contributed by atoms with van der Waals surface area (Å²) in [5, 5.41) is 8.77. The summed E-state index contributed by atoms with van der Waals surface area (Å²) in [5.74, 6) is -1.23. The van der Waals surface area contributed by atoms with Crippen molar-refractivity contribution >= 4 is 29.1 Å². The number of anilines is 2. The molecule has 0 amide bonds. The van der Waals surface area contributed by atoms with Gasteiger partial charge in [-0.2, -0.15) is 13.2 Å². The molecule has 0 spiro atoms. The molecule has 0 aliphatic carbocycles. The molecule has 8 heteroatoms. The molecule has 0 heterocycles. The average Bonchev–Trinajstić information content (AvgIpc) is 2.26. The fourth-order valence-corrected chi connectivity index (χ4v) is 2.05. The van der Waals surface area contributed by atoms with E-state index >= 15 is 0 Å². The van der Waals surface area contributed by atoms with Crippen molar-refractivity contribution in [2.75, 3.05) is 30.0 Å². The van der Waals surface area contributed by atoms with E-state index in [0.717, 1.165) is 0 Å². The predicted octanol–water partition coefficient (Wildman–Crippen LogP) is 2.66. The second-order valence-electron chi connectivity index (χ2n) is 3.79. The van der Waals surface area contributed by atoms with Gasteiger partial charge in [-0.25, -0.2) is 4.79 Å². The Labute approximate surface area is 112 Å². The summed E-state index contributed by atoms with van der Waals surface area (Å²) in [7, 11) is 1.60. The van der Waals surface area contributed by atoms with Crippen LogP contribution < -0.4 is 10.6 Å². The van der Waals surface area contributed by atoms with Crippen molar-refractivity contribution in [3.05, 3.63) is 23.8 Å². The maximum atomic E-state index is 12.0. The van der Waals surface area contributed by atoms with Crippen molar-refractivity contribution in [3.63, 3.8) is 0 Å². The molecule has 1 rings (SSSR count). The lowest BCUT2D eigenvalue weighted by Gasteiger charge is -2.21. The Morgan fingerprint density at radius 1 is 1.47 bits per heavy atom. The Morgan fingerprint density at radius 2 is 2.11 bits per heavy atom. The first-order valence-corrected chi connectivity index (χ1v) is 6.24. The van der Waals surface area contributed by atoms with E-state index in [1.54, 1.807) is 11.9 Å². The number of nitrogens with zero attached hydrogens (tertiary/aromatic N) is 1. The summed E-state index contributed by atoms with van der Waals surface area (Å²) in [6, 6.07) is 4.13. The summed E-state index contributed by atoms with van der Waals surface area (Å²) in [5.41, 5.74) is 2.20. The number of carboxylic acids is 1. The minimum Gasteiger partial charge on any atom is -0.478 e. The van der Waals surface area contributed by atoms with Crippen LogP contribution in [0.4, 0.5) is 24.5 Å². The number of hydrogen-bond donors (Lipinski definition) is 2. The average molecular weight is 294 g/mol. The first-order valence-electron chi connectivity index (χ1n) is 5.25. The highest BCUT2D eigenvalue weighted by Gasteiger charge is 2.27. The molecule has 3 N–H and O–H groups in total. The van der Waals surface area contributed by atoms with Gasteiger partial charge in [0.2, 0.25) is 0 Å². The van der Waals surface area contributed by atoms with Crippen LogP contribution in [0.3, 0.4) is 0 Å². The Hall–Kier alpha value is -1.57. The largest absolute Gasteiger partial charge is 0.478 e. The zero-order chi connectivity index (χ0) is 14.6. The van der Waals surface area contributed by atoms with Crippen LogP contribution >= 0.6 is 11.8 Å². The number of carboxylic acid groups (broad SMARTS) is 1. The fraction of sp³-hybridized carbons (Fsp3) is 0.364. The molecule has 0 aliphatic rings. The number of hydrogen-bond acceptors (Lipinski definition) is 4. The number of rotatable bonds is 5. The van der Waals surface area contributed by atoms with Crippen LogP contribution in [0.15, 0.2) is 18.2 Å². The lowest BCUT2D eigenvalue weighted by molar-refractivity contribution is -0.0327. The molecule has 0 atom stereocenters. The standard InChI is InChI=1S/C11H13F3N2O2S/c1-16(4-5-19-11(12,13)14)9-3-2-7(10(17)18)6-8(9)15/h2-3,6H,4-5,15H2,1H3,(H,17,18). The highest BCUT2D eigenvalue weighted by Crippen LogP contribution is 2.30. The van der Waals surface area contributed by atoms with Crippen molar-refractivity contribution in [3.8, 4) is 0 Å². The Morgan fingerprint density at radius 3 is 2.58 bits per heavy atom. The summed E-state index contributed by atoms with van der Waals surface area (Å²) < 4.78 is 36.0. The van der Waals surface area contributed by atoms with E-state index in [-0.39, 0.29) is 35.3 Å². The summed E-state index contributed by atoms with van der Waals surface area (Å²) in [4.78, 5) is 12.3. The van der Waals surface area contributed by atoms with E-state index in [4.69, 9.17) is 10.8 Å². The third kappa shape index (κ3) is 4.90. The first-order chi connectivity index (χ1) is 8.70. The monoisotopic (exact) mass is 294 g/mol. The maximum absolute atomic E-state index is 12.0. The van der Waals surface area contributed by atoms with E-state index in [9.17, 15) is 18.0 Å². The van der Waals surface area contributed by atoms with E-state index in [2.05, 4.69) is 0 Å². The zero-order valence-electron chi connectivity index (χ0n) is 10.1. The molecule has 0 saturated carbocycles. The number of benzene rings is 1. The van der Waals surface area contributed by atoms with Crippen molar-refractivity contribution in [1.82, 2.24) is 0 Å². The number of nitrogens with two attached hydrogens (primary N) is 1. The van der Waals surface area contributed by atoms with Gasteiger partial charge in [0.05, 0.1) is 16.9 Å². The molecule has 1 aromatic carbocycles. The molecule has 19 heavy (non-hydrogen) atoms. The van der Waals surface area contributed by atoms with Crippen LogP contribution in [0.25, 0.3) is 0 Å². The molecular formula is C11H13F3N2O2S. The molecule has 0 fully saturated rings. The summed E-state index contributed by atoms with van der Waals surface area (Å²) in [6.07, 6.45) is 0. The van der Waals surface area contributed by atoms with E-state index in [1.165, 1.54) is 18.2 Å². The van der Waals surface area contributed by atoms with Gasteiger partial charge in [0.15, 0.2) is 0 Å². The van der Waals surface area contributed by atoms with Crippen molar-refractivity contribution < 1.29 is 23.1 Å². The number of thioether (sulfide) groups is 1.